The smallest absolute Gasteiger partial charge is 0.266 e. The van der Waals surface area contributed by atoms with Gasteiger partial charge in [0, 0.05) is 23.9 Å². The minimum Gasteiger partial charge on any atom is -0.398 e. The van der Waals surface area contributed by atoms with Crippen LogP contribution in [0.5, 0.6) is 0 Å². The molecule has 1 heterocycles. The highest BCUT2D eigenvalue weighted by molar-refractivity contribution is 6.00. The lowest BCUT2D eigenvalue weighted by Gasteiger charge is -2.27. The van der Waals surface area contributed by atoms with Gasteiger partial charge in [-0.05, 0) is 31.0 Å². The van der Waals surface area contributed by atoms with Crippen LogP contribution in [-0.4, -0.2) is 44.7 Å². The Balaban J connectivity index is 1.79. The number of nitrogens with zero attached hydrogens (tertiary/aromatic N) is 2. The molecule has 0 saturated heterocycles. The average Bonchev–Trinajstić information content (AvgIpc) is 2.93. The van der Waals surface area contributed by atoms with E-state index in [1.165, 1.54) is 10.7 Å². The van der Waals surface area contributed by atoms with Crippen LogP contribution < -0.4 is 16.6 Å². The lowest BCUT2D eigenvalue weighted by atomic mass is 9.94. The van der Waals surface area contributed by atoms with Crippen LogP contribution in [0.3, 0.4) is 0 Å². The Morgan fingerprint density at radius 3 is 2.59 bits per heavy atom. The molecule has 8 nitrogen and oxygen atoms in total. The van der Waals surface area contributed by atoms with E-state index in [0.29, 0.717) is 35.3 Å². The number of rotatable bonds is 6. The number of nitrogens with one attached hydrogen (secondary N) is 1. The third-order valence-electron chi connectivity index (χ3n) is 5.38. The first-order valence-electron chi connectivity index (χ1n) is 10.0. The number of benzene rings is 1. The van der Waals surface area contributed by atoms with E-state index in [4.69, 9.17) is 10.8 Å². The molecule has 29 heavy (non-hydrogen) atoms. The first kappa shape index (κ1) is 21.0. The largest absolute Gasteiger partial charge is 0.398 e. The summed E-state index contributed by atoms with van der Waals surface area (Å²) >= 11 is 0. The van der Waals surface area contributed by atoms with E-state index in [9.17, 15) is 14.7 Å². The summed E-state index contributed by atoms with van der Waals surface area (Å²) in [7, 11) is 0. The molecule has 1 aromatic carbocycles. The maximum atomic E-state index is 12.7. The van der Waals surface area contributed by atoms with Crippen molar-refractivity contribution in [2.45, 2.75) is 50.7 Å². The molecule has 8 heteroatoms. The Bertz CT molecular complexity index is 917. The number of nitrogen functional groups attached to an aromatic ring is 1. The third-order valence-corrected chi connectivity index (χ3v) is 5.38. The van der Waals surface area contributed by atoms with Gasteiger partial charge in [0.1, 0.15) is 0 Å². The summed E-state index contributed by atoms with van der Waals surface area (Å²) in [5, 5.41) is 26.9. The summed E-state index contributed by atoms with van der Waals surface area (Å²) in [6.45, 7) is 0.0807. The monoisotopic (exact) mass is 400 g/mol. The molecule has 3 rings (SSSR count). The quantitative estimate of drug-likeness (QED) is 0.427. The molecule has 1 aliphatic carbocycles. The number of hydrogen-bond donors (Lipinski definition) is 4. The number of carbonyl (C=O) groups is 1. The number of carbonyl (C=O) groups excluding carboxylic acids is 1. The standard InChI is InChI=1S/C21H28N4O4/c22-17-6-5-15(18-7-8-19(27)25(24-18)11-12-26)13-16(17)20(28)23-14-21(29)9-3-1-2-4-10-21/h5-8,13,26,29H,1-4,9-12,14,22H2,(H,23,28). The van der Waals surface area contributed by atoms with E-state index >= 15 is 0 Å². The maximum Gasteiger partial charge on any atom is 0.266 e. The molecule has 5 N–H and O–H groups in total. The molecule has 0 unspecified atom stereocenters. The first-order chi connectivity index (χ1) is 13.9. The van der Waals surface area contributed by atoms with Crippen molar-refractivity contribution in [2.75, 3.05) is 18.9 Å². The summed E-state index contributed by atoms with van der Waals surface area (Å²) in [5.41, 5.74) is 6.56. The van der Waals surface area contributed by atoms with Gasteiger partial charge in [-0.15, -0.1) is 0 Å². The molecule has 1 aliphatic rings. The van der Waals surface area contributed by atoms with E-state index in [1.807, 2.05) is 0 Å². The normalized spacial score (nSPS) is 16.2. The van der Waals surface area contributed by atoms with Crippen LogP contribution in [-0.2, 0) is 6.54 Å². The van der Waals surface area contributed by atoms with Crippen molar-refractivity contribution < 1.29 is 15.0 Å². The van der Waals surface area contributed by atoms with Crippen molar-refractivity contribution in [2.24, 2.45) is 0 Å². The van der Waals surface area contributed by atoms with E-state index in [1.54, 1.807) is 24.3 Å². The average molecular weight is 400 g/mol. The fraction of sp³-hybridized carbons (Fsp3) is 0.476. The van der Waals surface area contributed by atoms with Crippen molar-refractivity contribution in [3.8, 4) is 11.3 Å². The zero-order valence-corrected chi connectivity index (χ0v) is 16.4. The number of amides is 1. The van der Waals surface area contributed by atoms with Crippen LogP contribution in [0.15, 0.2) is 35.1 Å². The lowest BCUT2D eigenvalue weighted by Crippen LogP contribution is -2.42. The molecule has 1 saturated carbocycles. The summed E-state index contributed by atoms with van der Waals surface area (Å²) in [5.74, 6) is -0.356. The molecular weight excluding hydrogens is 372 g/mol. The zero-order valence-electron chi connectivity index (χ0n) is 16.4. The SMILES string of the molecule is Nc1ccc(-c2ccc(=O)n(CCO)n2)cc1C(=O)NCC1(O)CCCCCC1. The second-order valence-electron chi connectivity index (χ2n) is 7.63. The van der Waals surface area contributed by atoms with Crippen molar-refractivity contribution >= 4 is 11.6 Å². The maximum absolute atomic E-state index is 12.7. The highest BCUT2D eigenvalue weighted by Crippen LogP contribution is 2.27. The number of hydrogen-bond acceptors (Lipinski definition) is 6. The molecular formula is C21H28N4O4. The van der Waals surface area contributed by atoms with Crippen molar-refractivity contribution in [1.29, 1.82) is 0 Å². The van der Waals surface area contributed by atoms with Crippen LogP contribution in [0.2, 0.25) is 0 Å². The van der Waals surface area contributed by atoms with Crippen LogP contribution in [0, 0.1) is 0 Å². The minimum atomic E-state index is -0.875. The molecule has 0 spiro atoms. The number of anilines is 1. The third kappa shape index (κ3) is 5.21. The van der Waals surface area contributed by atoms with Crippen molar-refractivity contribution in [3.63, 3.8) is 0 Å². The number of nitrogens with two attached hydrogens (primary N) is 1. The van der Waals surface area contributed by atoms with Gasteiger partial charge in [0.15, 0.2) is 0 Å². The summed E-state index contributed by atoms with van der Waals surface area (Å²) < 4.78 is 1.17. The van der Waals surface area contributed by atoms with E-state index < -0.39 is 5.60 Å². The van der Waals surface area contributed by atoms with Crippen LogP contribution in [0.4, 0.5) is 5.69 Å². The molecule has 1 amide bonds. The second-order valence-corrected chi connectivity index (χ2v) is 7.63. The van der Waals surface area contributed by atoms with E-state index in [-0.39, 0.29) is 31.2 Å². The molecule has 2 aromatic rings. The predicted molar refractivity (Wildman–Crippen MR) is 110 cm³/mol. The predicted octanol–water partition coefficient (Wildman–Crippen LogP) is 1.30. The summed E-state index contributed by atoms with van der Waals surface area (Å²) in [4.78, 5) is 24.5. The fourth-order valence-electron chi connectivity index (χ4n) is 3.67. The highest BCUT2D eigenvalue weighted by Gasteiger charge is 2.28. The van der Waals surface area contributed by atoms with Gasteiger partial charge in [-0.3, -0.25) is 9.59 Å². The van der Waals surface area contributed by atoms with Gasteiger partial charge in [-0.2, -0.15) is 5.10 Å². The highest BCUT2D eigenvalue weighted by atomic mass is 16.3. The second kappa shape index (κ2) is 9.19. The number of aromatic nitrogens is 2. The Hall–Kier alpha value is -2.71. The van der Waals surface area contributed by atoms with Crippen LogP contribution in [0.25, 0.3) is 11.3 Å². The Morgan fingerprint density at radius 2 is 1.90 bits per heavy atom. The van der Waals surface area contributed by atoms with Crippen LogP contribution in [0.1, 0.15) is 48.9 Å². The van der Waals surface area contributed by atoms with E-state index in [2.05, 4.69) is 10.4 Å². The van der Waals surface area contributed by atoms with Gasteiger partial charge >= 0.3 is 0 Å². The lowest BCUT2D eigenvalue weighted by molar-refractivity contribution is 0.0246. The Labute approximate surface area is 169 Å². The van der Waals surface area contributed by atoms with Gasteiger partial charge in [0.2, 0.25) is 0 Å². The molecule has 0 radical (unpaired) electrons. The Kier molecular flexibility index (Phi) is 6.66. The topological polar surface area (TPSA) is 130 Å². The van der Waals surface area contributed by atoms with E-state index in [0.717, 1.165) is 25.7 Å². The molecule has 1 aromatic heterocycles. The zero-order chi connectivity index (χ0) is 20.9. The minimum absolute atomic E-state index is 0.0908. The van der Waals surface area contributed by atoms with Crippen LogP contribution >= 0.6 is 0 Å². The molecule has 156 valence electrons. The van der Waals surface area contributed by atoms with Gasteiger partial charge < -0.3 is 21.3 Å². The summed E-state index contributed by atoms with van der Waals surface area (Å²) in [6.07, 6.45) is 5.49. The molecule has 1 fully saturated rings. The molecule has 0 atom stereocenters. The fourth-order valence-corrected chi connectivity index (χ4v) is 3.67. The van der Waals surface area contributed by atoms with Gasteiger partial charge in [0.05, 0.1) is 30.0 Å². The first-order valence-corrected chi connectivity index (χ1v) is 10.0. The molecule has 0 aliphatic heterocycles. The van der Waals surface area contributed by atoms with Crippen molar-refractivity contribution in [1.82, 2.24) is 15.1 Å². The number of aliphatic hydroxyl groups excluding tert-OH is 1. The summed E-state index contributed by atoms with van der Waals surface area (Å²) in [6, 6.07) is 7.90. The van der Waals surface area contributed by atoms with Gasteiger partial charge in [-0.1, -0.05) is 31.7 Å². The van der Waals surface area contributed by atoms with Crippen molar-refractivity contribution in [3.05, 3.63) is 46.2 Å². The van der Waals surface area contributed by atoms with Gasteiger partial charge in [-0.25, -0.2) is 4.68 Å². The van der Waals surface area contributed by atoms with Gasteiger partial charge in [0.25, 0.3) is 11.5 Å². The molecule has 0 bridgehead atoms. The number of aliphatic hydroxyl groups is 2. The Morgan fingerprint density at radius 1 is 1.17 bits per heavy atom.